The Balaban J connectivity index is 5.30. The number of rotatable bonds is 8. The van der Waals surface area contributed by atoms with Gasteiger partial charge in [0.2, 0.25) is 0 Å². The fraction of sp³-hybridized carbons (Fsp3) is 0.692. The Bertz CT molecular complexity index is 418. The minimum Gasteiger partial charge on any atom is -0.462 e. The second-order valence-corrected chi connectivity index (χ2v) is 4.35. The molecule has 0 heterocycles. The Morgan fingerprint density at radius 3 is 1.59 bits per heavy atom. The predicted octanol–water partition coefficient (Wildman–Crippen LogP) is -0.663. The van der Waals surface area contributed by atoms with Crippen LogP contribution in [0.25, 0.3) is 0 Å². The molecule has 1 N–H and O–H groups in total. The summed E-state index contributed by atoms with van der Waals surface area (Å²) in [5.41, 5.74) is 0. The van der Waals surface area contributed by atoms with Crippen LogP contribution in [0.15, 0.2) is 0 Å². The number of hydrogen-bond donors (Lipinski definition) is 1. The van der Waals surface area contributed by atoms with Gasteiger partial charge in [-0.05, 0) is 0 Å². The number of aliphatic hydroxyl groups excluding tert-OH is 1. The molecule has 3 atom stereocenters. The fourth-order valence-corrected chi connectivity index (χ4v) is 1.61. The van der Waals surface area contributed by atoms with Gasteiger partial charge in [-0.25, -0.2) is 0 Å². The molecular formula is C13H20O9. The molecule has 22 heavy (non-hydrogen) atoms. The molecule has 0 amide bonds. The highest BCUT2D eigenvalue weighted by Gasteiger charge is 2.37. The van der Waals surface area contributed by atoms with Gasteiger partial charge in [-0.2, -0.15) is 0 Å². The molecule has 0 bridgehead atoms. The van der Waals surface area contributed by atoms with Gasteiger partial charge in [0, 0.05) is 27.7 Å². The minimum absolute atomic E-state index is 0.426. The normalized spacial score (nSPS) is 14.2. The summed E-state index contributed by atoms with van der Waals surface area (Å²) < 4.78 is 19.5. The molecule has 0 saturated heterocycles. The fourth-order valence-electron chi connectivity index (χ4n) is 1.61. The third-order valence-corrected chi connectivity index (χ3v) is 2.30. The van der Waals surface area contributed by atoms with Gasteiger partial charge < -0.3 is 24.1 Å². The van der Waals surface area contributed by atoms with Crippen molar-refractivity contribution in [2.45, 2.75) is 46.0 Å². The van der Waals surface area contributed by atoms with Crippen LogP contribution in [0, 0.1) is 0 Å². The molecule has 0 radical (unpaired) electrons. The van der Waals surface area contributed by atoms with Gasteiger partial charge >= 0.3 is 23.9 Å². The molecular weight excluding hydrogens is 300 g/mol. The Labute approximate surface area is 127 Å². The van der Waals surface area contributed by atoms with E-state index in [0.29, 0.717) is 0 Å². The van der Waals surface area contributed by atoms with E-state index >= 15 is 0 Å². The van der Waals surface area contributed by atoms with E-state index < -0.39 is 55.4 Å². The molecule has 0 aromatic heterocycles. The smallest absolute Gasteiger partial charge is 0.303 e. The third-order valence-electron chi connectivity index (χ3n) is 2.30. The van der Waals surface area contributed by atoms with Gasteiger partial charge in [-0.15, -0.1) is 0 Å². The second-order valence-electron chi connectivity index (χ2n) is 4.35. The molecule has 126 valence electrons. The Hall–Kier alpha value is -2.16. The average Bonchev–Trinajstić information content (AvgIpc) is 2.37. The summed E-state index contributed by atoms with van der Waals surface area (Å²) in [6, 6.07) is 0. The van der Waals surface area contributed by atoms with E-state index in [1.54, 1.807) is 0 Å². The summed E-state index contributed by atoms with van der Waals surface area (Å²) in [4.78, 5) is 44.3. The van der Waals surface area contributed by atoms with Crippen molar-refractivity contribution in [1.82, 2.24) is 0 Å². The lowest BCUT2D eigenvalue weighted by Gasteiger charge is -2.30. The van der Waals surface area contributed by atoms with Crippen LogP contribution in [0.5, 0.6) is 0 Å². The summed E-state index contributed by atoms with van der Waals surface area (Å²) in [5.74, 6) is -2.86. The Kier molecular flexibility index (Phi) is 8.76. The van der Waals surface area contributed by atoms with Crippen LogP contribution < -0.4 is 0 Å². The number of carbonyl (C=O) groups excluding carboxylic acids is 4. The molecule has 0 aliphatic heterocycles. The SMILES string of the molecule is CC(=O)OC[C@H](OC(C)=O)[C@@H](OC(C)=O)[C@@H](CO)OC(C)=O. The zero-order valence-electron chi connectivity index (χ0n) is 12.9. The van der Waals surface area contributed by atoms with Gasteiger partial charge in [0.25, 0.3) is 0 Å². The van der Waals surface area contributed by atoms with Crippen LogP contribution in [0.1, 0.15) is 27.7 Å². The Morgan fingerprint density at radius 1 is 0.773 bits per heavy atom. The maximum atomic E-state index is 11.2. The molecule has 0 spiro atoms. The first-order valence-electron chi connectivity index (χ1n) is 6.43. The van der Waals surface area contributed by atoms with Crippen molar-refractivity contribution in [3.63, 3.8) is 0 Å². The zero-order chi connectivity index (χ0) is 17.3. The van der Waals surface area contributed by atoms with Gasteiger partial charge in [0.1, 0.15) is 6.61 Å². The highest BCUT2D eigenvalue weighted by atomic mass is 16.6. The van der Waals surface area contributed by atoms with Crippen LogP contribution in [-0.2, 0) is 38.1 Å². The van der Waals surface area contributed by atoms with Crippen LogP contribution in [0.4, 0.5) is 0 Å². The van der Waals surface area contributed by atoms with E-state index in [1.165, 1.54) is 0 Å². The van der Waals surface area contributed by atoms with Crippen molar-refractivity contribution in [3.05, 3.63) is 0 Å². The maximum Gasteiger partial charge on any atom is 0.303 e. The van der Waals surface area contributed by atoms with Crippen molar-refractivity contribution in [1.29, 1.82) is 0 Å². The van der Waals surface area contributed by atoms with Crippen LogP contribution in [0.3, 0.4) is 0 Å². The summed E-state index contributed by atoms with van der Waals surface area (Å²) >= 11 is 0. The molecule has 9 nitrogen and oxygen atoms in total. The van der Waals surface area contributed by atoms with E-state index in [4.69, 9.17) is 18.9 Å². The van der Waals surface area contributed by atoms with Crippen LogP contribution >= 0.6 is 0 Å². The van der Waals surface area contributed by atoms with Crippen LogP contribution in [0.2, 0.25) is 0 Å². The number of ether oxygens (including phenoxy) is 4. The van der Waals surface area contributed by atoms with E-state index in [0.717, 1.165) is 27.7 Å². The molecule has 0 aliphatic rings. The molecule has 0 aliphatic carbocycles. The van der Waals surface area contributed by atoms with E-state index in [1.807, 2.05) is 0 Å². The van der Waals surface area contributed by atoms with Gasteiger partial charge in [-0.1, -0.05) is 0 Å². The lowest BCUT2D eigenvalue weighted by molar-refractivity contribution is -0.192. The van der Waals surface area contributed by atoms with Gasteiger partial charge in [0.15, 0.2) is 18.3 Å². The third kappa shape index (κ3) is 8.20. The summed E-state index contributed by atoms with van der Waals surface area (Å²) in [5, 5.41) is 9.30. The van der Waals surface area contributed by atoms with Gasteiger partial charge in [-0.3, -0.25) is 19.2 Å². The standard InChI is InChI=1S/C13H20O9/c1-7(15)19-6-12(21-9(3)17)13(22-10(4)18)11(5-14)20-8(2)16/h11-14H,5-6H2,1-4H3/t11-,12+,13+/m1/s1. The monoisotopic (exact) mass is 320 g/mol. The van der Waals surface area contributed by atoms with Crippen molar-refractivity contribution in [2.75, 3.05) is 13.2 Å². The van der Waals surface area contributed by atoms with E-state index in [-0.39, 0.29) is 0 Å². The number of aliphatic hydroxyl groups is 1. The van der Waals surface area contributed by atoms with Crippen LogP contribution in [-0.4, -0.2) is 60.5 Å². The summed E-state index contributed by atoms with van der Waals surface area (Å²) in [6.45, 7) is 3.32. The first kappa shape index (κ1) is 19.8. The molecule has 0 aromatic rings. The first-order valence-corrected chi connectivity index (χ1v) is 6.43. The number of carbonyl (C=O) groups is 4. The number of esters is 4. The molecule has 0 saturated carbocycles. The lowest BCUT2D eigenvalue weighted by Crippen LogP contribution is -2.48. The largest absolute Gasteiger partial charge is 0.462 e. The number of hydrogen-bond acceptors (Lipinski definition) is 9. The molecule has 0 rings (SSSR count). The summed E-state index contributed by atoms with van der Waals surface area (Å²) in [6.07, 6.45) is -3.84. The van der Waals surface area contributed by atoms with E-state index in [2.05, 4.69) is 0 Å². The predicted molar refractivity (Wildman–Crippen MR) is 70.4 cm³/mol. The average molecular weight is 320 g/mol. The minimum atomic E-state index is -1.32. The second kappa shape index (κ2) is 9.72. The molecule has 0 fully saturated rings. The van der Waals surface area contributed by atoms with E-state index in [9.17, 15) is 24.3 Å². The molecule has 9 heteroatoms. The Morgan fingerprint density at radius 2 is 1.23 bits per heavy atom. The first-order chi connectivity index (χ1) is 10.2. The quantitative estimate of drug-likeness (QED) is 0.458. The molecule has 0 unspecified atom stereocenters. The highest BCUT2D eigenvalue weighted by molar-refractivity contribution is 5.68. The maximum absolute atomic E-state index is 11.2. The topological polar surface area (TPSA) is 125 Å². The molecule has 0 aromatic carbocycles. The zero-order valence-corrected chi connectivity index (χ0v) is 12.9. The van der Waals surface area contributed by atoms with Crippen molar-refractivity contribution in [2.24, 2.45) is 0 Å². The van der Waals surface area contributed by atoms with Crippen molar-refractivity contribution in [3.8, 4) is 0 Å². The van der Waals surface area contributed by atoms with Crippen molar-refractivity contribution >= 4 is 23.9 Å². The van der Waals surface area contributed by atoms with Gasteiger partial charge in [0.05, 0.1) is 6.61 Å². The highest BCUT2D eigenvalue weighted by Crippen LogP contribution is 2.14. The lowest BCUT2D eigenvalue weighted by atomic mass is 10.1. The summed E-state index contributed by atoms with van der Waals surface area (Å²) in [7, 11) is 0. The van der Waals surface area contributed by atoms with Crippen molar-refractivity contribution < 1.29 is 43.2 Å².